The summed E-state index contributed by atoms with van der Waals surface area (Å²) in [7, 11) is 2.10. The minimum absolute atomic E-state index is 0.131. The molecule has 1 aromatic rings. The molecule has 98 valence electrons. The Balaban J connectivity index is 2.45. The van der Waals surface area contributed by atoms with Gasteiger partial charge in [0.15, 0.2) is 0 Å². The SMILES string of the molecule is Cc1ccccc1CCN(C)CC(C#N)C(C)C. The lowest BCUT2D eigenvalue weighted by atomic mass is 9.97. The van der Waals surface area contributed by atoms with Gasteiger partial charge in [-0.15, -0.1) is 0 Å². The molecule has 1 unspecified atom stereocenters. The van der Waals surface area contributed by atoms with Gasteiger partial charge < -0.3 is 4.90 Å². The zero-order valence-corrected chi connectivity index (χ0v) is 12.0. The third kappa shape index (κ3) is 4.50. The minimum atomic E-state index is 0.131. The highest BCUT2D eigenvalue weighted by Crippen LogP contribution is 2.12. The van der Waals surface area contributed by atoms with Gasteiger partial charge in [0.25, 0.3) is 0 Å². The van der Waals surface area contributed by atoms with E-state index in [1.54, 1.807) is 0 Å². The fourth-order valence-corrected chi connectivity index (χ4v) is 2.03. The number of hydrogen-bond acceptors (Lipinski definition) is 2. The van der Waals surface area contributed by atoms with E-state index in [2.05, 4.69) is 63.1 Å². The van der Waals surface area contributed by atoms with Crippen LogP contribution in [-0.2, 0) is 6.42 Å². The maximum atomic E-state index is 9.10. The summed E-state index contributed by atoms with van der Waals surface area (Å²) in [4.78, 5) is 2.26. The largest absolute Gasteiger partial charge is 0.305 e. The Morgan fingerprint density at radius 2 is 1.94 bits per heavy atom. The molecule has 0 spiro atoms. The zero-order chi connectivity index (χ0) is 13.5. The van der Waals surface area contributed by atoms with Crippen LogP contribution in [0.5, 0.6) is 0 Å². The van der Waals surface area contributed by atoms with Crippen LogP contribution < -0.4 is 0 Å². The van der Waals surface area contributed by atoms with Gasteiger partial charge in [-0.05, 0) is 37.4 Å². The fraction of sp³-hybridized carbons (Fsp3) is 0.562. The molecule has 0 bridgehead atoms. The van der Waals surface area contributed by atoms with Crippen LogP contribution in [0.1, 0.15) is 25.0 Å². The Morgan fingerprint density at radius 3 is 2.50 bits per heavy atom. The molecule has 1 rings (SSSR count). The summed E-state index contributed by atoms with van der Waals surface area (Å²) in [5.41, 5.74) is 2.76. The predicted molar refractivity (Wildman–Crippen MR) is 76.3 cm³/mol. The van der Waals surface area contributed by atoms with E-state index >= 15 is 0 Å². The van der Waals surface area contributed by atoms with Crippen molar-refractivity contribution < 1.29 is 0 Å². The first-order valence-corrected chi connectivity index (χ1v) is 6.67. The quantitative estimate of drug-likeness (QED) is 0.768. The fourth-order valence-electron chi connectivity index (χ4n) is 2.03. The van der Waals surface area contributed by atoms with Crippen molar-refractivity contribution in [1.82, 2.24) is 4.90 Å². The molecule has 18 heavy (non-hydrogen) atoms. The van der Waals surface area contributed by atoms with E-state index < -0.39 is 0 Å². The summed E-state index contributed by atoms with van der Waals surface area (Å²) in [6.07, 6.45) is 1.05. The van der Waals surface area contributed by atoms with Crippen molar-refractivity contribution in [2.24, 2.45) is 11.8 Å². The first-order valence-electron chi connectivity index (χ1n) is 6.67. The summed E-state index contributed by atoms with van der Waals surface area (Å²) in [6.45, 7) is 8.25. The maximum Gasteiger partial charge on any atom is 0.0671 e. The van der Waals surface area contributed by atoms with Crippen LogP contribution in [0.15, 0.2) is 24.3 Å². The Bertz CT molecular complexity index is 404. The van der Waals surface area contributed by atoms with Gasteiger partial charge in [0.1, 0.15) is 0 Å². The molecule has 0 aliphatic heterocycles. The van der Waals surface area contributed by atoms with Crippen LogP contribution in [0.25, 0.3) is 0 Å². The number of aryl methyl sites for hydroxylation is 1. The highest BCUT2D eigenvalue weighted by molar-refractivity contribution is 5.25. The van der Waals surface area contributed by atoms with Crippen molar-refractivity contribution in [2.75, 3.05) is 20.1 Å². The number of nitrogens with zero attached hydrogens (tertiary/aromatic N) is 2. The second-order valence-electron chi connectivity index (χ2n) is 5.42. The van der Waals surface area contributed by atoms with E-state index in [4.69, 9.17) is 5.26 Å². The van der Waals surface area contributed by atoms with Gasteiger partial charge in [0.05, 0.1) is 12.0 Å². The number of likely N-dealkylation sites (N-methyl/N-ethyl adjacent to an activating group) is 1. The predicted octanol–water partition coefficient (Wildman–Crippen LogP) is 3.27. The lowest BCUT2D eigenvalue weighted by Crippen LogP contribution is -2.29. The summed E-state index contributed by atoms with van der Waals surface area (Å²) in [5, 5.41) is 9.10. The van der Waals surface area contributed by atoms with Gasteiger partial charge in [-0.3, -0.25) is 0 Å². The Kier molecular flexibility index (Phi) is 5.88. The molecule has 0 aliphatic carbocycles. The normalized spacial score (nSPS) is 12.7. The van der Waals surface area contributed by atoms with E-state index in [0.717, 1.165) is 19.5 Å². The average Bonchev–Trinajstić information content (AvgIpc) is 2.34. The lowest BCUT2D eigenvalue weighted by Gasteiger charge is -2.22. The maximum absolute atomic E-state index is 9.10. The molecule has 0 amide bonds. The van der Waals surface area contributed by atoms with Gasteiger partial charge in [-0.1, -0.05) is 38.1 Å². The number of rotatable bonds is 6. The smallest absolute Gasteiger partial charge is 0.0671 e. The van der Waals surface area contributed by atoms with E-state index in [0.29, 0.717) is 5.92 Å². The van der Waals surface area contributed by atoms with Crippen LogP contribution >= 0.6 is 0 Å². The first-order chi connectivity index (χ1) is 8.54. The minimum Gasteiger partial charge on any atom is -0.305 e. The van der Waals surface area contributed by atoms with Gasteiger partial charge in [0, 0.05) is 13.1 Å². The molecule has 0 saturated carbocycles. The van der Waals surface area contributed by atoms with Crippen molar-refractivity contribution in [3.8, 4) is 6.07 Å². The monoisotopic (exact) mass is 244 g/mol. The van der Waals surface area contributed by atoms with E-state index in [1.165, 1.54) is 11.1 Å². The highest BCUT2D eigenvalue weighted by atomic mass is 15.1. The molecule has 0 saturated heterocycles. The molecular formula is C16H24N2. The van der Waals surface area contributed by atoms with Crippen molar-refractivity contribution >= 4 is 0 Å². The first kappa shape index (κ1) is 14.7. The second-order valence-corrected chi connectivity index (χ2v) is 5.42. The summed E-state index contributed by atoms with van der Waals surface area (Å²) >= 11 is 0. The van der Waals surface area contributed by atoms with Crippen LogP contribution in [-0.4, -0.2) is 25.0 Å². The Morgan fingerprint density at radius 1 is 1.28 bits per heavy atom. The average molecular weight is 244 g/mol. The van der Waals surface area contributed by atoms with Gasteiger partial charge in [-0.2, -0.15) is 5.26 Å². The molecule has 0 fully saturated rings. The molecule has 0 radical (unpaired) electrons. The number of hydrogen-bond donors (Lipinski definition) is 0. The van der Waals surface area contributed by atoms with Crippen LogP contribution in [0.3, 0.4) is 0 Å². The van der Waals surface area contributed by atoms with E-state index in [1.807, 2.05) is 0 Å². The molecular weight excluding hydrogens is 220 g/mol. The molecule has 0 N–H and O–H groups in total. The van der Waals surface area contributed by atoms with E-state index in [-0.39, 0.29) is 5.92 Å². The molecule has 2 heteroatoms. The van der Waals surface area contributed by atoms with Crippen molar-refractivity contribution in [3.05, 3.63) is 35.4 Å². The van der Waals surface area contributed by atoms with Crippen molar-refractivity contribution in [3.63, 3.8) is 0 Å². The van der Waals surface area contributed by atoms with Gasteiger partial charge in [0.2, 0.25) is 0 Å². The van der Waals surface area contributed by atoms with Crippen LogP contribution in [0.4, 0.5) is 0 Å². The van der Waals surface area contributed by atoms with Gasteiger partial charge >= 0.3 is 0 Å². The highest BCUT2D eigenvalue weighted by Gasteiger charge is 2.14. The molecule has 0 aromatic heterocycles. The third-order valence-corrected chi connectivity index (χ3v) is 3.50. The summed E-state index contributed by atoms with van der Waals surface area (Å²) < 4.78 is 0. The Labute approximate surface area is 111 Å². The third-order valence-electron chi connectivity index (χ3n) is 3.50. The lowest BCUT2D eigenvalue weighted by molar-refractivity contribution is 0.274. The zero-order valence-electron chi connectivity index (χ0n) is 12.0. The molecule has 0 heterocycles. The number of nitriles is 1. The second kappa shape index (κ2) is 7.18. The van der Waals surface area contributed by atoms with Crippen molar-refractivity contribution in [2.45, 2.75) is 27.2 Å². The standard InChI is InChI=1S/C16H24N2/c1-13(2)16(11-17)12-18(4)10-9-15-8-6-5-7-14(15)3/h5-8,13,16H,9-10,12H2,1-4H3. The molecule has 2 nitrogen and oxygen atoms in total. The van der Waals surface area contributed by atoms with Crippen molar-refractivity contribution in [1.29, 1.82) is 5.26 Å². The van der Waals surface area contributed by atoms with Crippen LogP contribution in [0, 0.1) is 30.1 Å². The molecule has 1 aromatic carbocycles. The summed E-state index contributed by atoms with van der Waals surface area (Å²) in [6, 6.07) is 10.9. The number of benzene rings is 1. The van der Waals surface area contributed by atoms with Crippen LogP contribution in [0.2, 0.25) is 0 Å². The molecule has 1 atom stereocenters. The molecule has 0 aliphatic rings. The summed E-state index contributed by atoms with van der Waals surface area (Å²) in [5.74, 6) is 0.558. The topological polar surface area (TPSA) is 27.0 Å². The Hall–Kier alpha value is -1.33. The van der Waals surface area contributed by atoms with E-state index in [9.17, 15) is 0 Å². The van der Waals surface area contributed by atoms with Gasteiger partial charge in [-0.25, -0.2) is 0 Å².